The van der Waals surface area contributed by atoms with Gasteiger partial charge in [0.2, 0.25) is 5.88 Å². The Bertz CT molecular complexity index is 1520. The number of ether oxygens (including phenoxy) is 1. The van der Waals surface area contributed by atoms with Gasteiger partial charge in [-0.05, 0) is 86.2 Å². The van der Waals surface area contributed by atoms with Crippen molar-refractivity contribution in [1.29, 1.82) is 0 Å². The molecule has 1 unspecified atom stereocenters. The molecule has 10 heteroatoms. The van der Waals surface area contributed by atoms with E-state index in [1.807, 2.05) is 0 Å². The van der Waals surface area contributed by atoms with Gasteiger partial charge in [0, 0.05) is 24.8 Å². The van der Waals surface area contributed by atoms with Gasteiger partial charge in [0.1, 0.15) is 16.4 Å². The van der Waals surface area contributed by atoms with Crippen LogP contribution < -0.4 is 10.1 Å². The molecule has 2 aromatic heterocycles. The van der Waals surface area contributed by atoms with Crippen molar-refractivity contribution in [1.82, 2.24) is 30.6 Å². The van der Waals surface area contributed by atoms with Crippen LogP contribution in [0.25, 0.3) is 0 Å². The lowest BCUT2D eigenvalue weighted by atomic mass is 9.69. The first kappa shape index (κ1) is 35.3. The predicted molar refractivity (Wildman–Crippen MR) is 189 cm³/mol. The number of carbonyl (C=O) groups is 1. The van der Waals surface area contributed by atoms with E-state index in [0.29, 0.717) is 34.6 Å². The molecule has 3 heterocycles. The molecule has 2 aliphatic carbocycles. The molecule has 0 saturated heterocycles. The SMILES string of the molecule is CCc1n[nH]nc1CNCC1=CC=C(C(CCC(C)(C)C)N2C(=O)C(c3cnc(OC)c(Cl)c3)=NC23CCC(C(C)(C)C)CC3)CC1. The molecule has 0 radical (unpaired) electrons. The number of H-pyrrole nitrogens is 1. The van der Waals surface area contributed by atoms with Crippen LogP contribution in [-0.2, 0) is 17.8 Å². The number of rotatable bonds is 11. The smallest absolute Gasteiger partial charge is 0.275 e. The minimum absolute atomic E-state index is 0.0159. The van der Waals surface area contributed by atoms with Crippen molar-refractivity contribution in [2.45, 2.75) is 125 Å². The molecule has 0 aromatic carbocycles. The molecule has 1 spiro atoms. The Hall–Kier alpha value is -3.04. The van der Waals surface area contributed by atoms with Crippen LogP contribution in [0.1, 0.15) is 117 Å². The quantitative estimate of drug-likeness (QED) is 0.256. The molecule has 256 valence electrons. The second-order valence-electron chi connectivity index (χ2n) is 15.8. The lowest BCUT2D eigenvalue weighted by Crippen LogP contribution is -2.55. The number of aromatic nitrogens is 4. The molecule has 2 aromatic rings. The second kappa shape index (κ2) is 14.2. The third-order valence-corrected chi connectivity index (χ3v) is 10.6. The van der Waals surface area contributed by atoms with Crippen LogP contribution in [0, 0.1) is 16.7 Å². The Morgan fingerprint density at radius 1 is 1.09 bits per heavy atom. The van der Waals surface area contributed by atoms with Crippen molar-refractivity contribution in [2.24, 2.45) is 21.7 Å². The fourth-order valence-electron chi connectivity index (χ4n) is 7.45. The van der Waals surface area contributed by atoms with Gasteiger partial charge in [0.15, 0.2) is 0 Å². The predicted octanol–water partition coefficient (Wildman–Crippen LogP) is 7.62. The molecule has 1 saturated carbocycles. The van der Waals surface area contributed by atoms with Gasteiger partial charge in [-0.25, -0.2) is 4.98 Å². The van der Waals surface area contributed by atoms with E-state index in [-0.39, 0.29) is 22.8 Å². The van der Waals surface area contributed by atoms with Gasteiger partial charge in [-0.15, -0.1) is 0 Å². The highest BCUT2D eigenvalue weighted by Gasteiger charge is 2.53. The molecule has 5 rings (SSSR count). The van der Waals surface area contributed by atoms with E-state index in [0.717, 1.165) is 75.7 Å². The average Bonchev–Trinajstić information content (AvgIpc) is 3.59. The van der Waals surface area contributed by atoms with Crippen molar-refractivity contribution < 1.29 is 9.53 Å². The van der Waals surface area contributed by atoms with Crippen molar-refractivity contribution in [3.63, 3.8) is 0 Å². The molecule has 1 aliphatic heterocycles. The number of nitrogens with zero attached hydrogens (tertiary/aromatic N) is 5. The number of aromatic amines is 1. The highest BCUT2D eigenvalue weighted by atomic mass is 35.5. The fourth-order valence-corrected chi connectivity index (χ4v) is 7.69. The zero-order valence-electron chi connectivity index (χ0n) is 29.7. The maximum absolute atomic E-state index is 14.7. The number of amides is 1. The van der Waals surface area contributed by atoms with Gasteiger partial charge in [-0.1, -0.05) is 77.8 Å². The van der Waals surface area contributed by atoms with Crippen LogP contribution in [0.4, 0.5) is 0 Å². The topological polar surface area (TPSA) is 108 Å². The third kappa shape index (κ3) is 7.99. The average molecular weight is 664 g/mol. The maximum atomic E-state index is 14.7. The van der Waals surface area contributed by atoms with Gasteiger partial charge in [0.05, 0.1) is 24.5 Å². The summed E-state index contributed by atoms with van der Waals surface area (Å²) in [4.78, 5) is 26.7. The summed E-state index contributed by atoms with van der Waals surface area (Å²) in [5.74, 6) is 0.919. The van der Waals surface area contributed by atoms with E-state index in [1.54, 1.807) is 19.4 Å². The molecule has 47 heavy (non-hydrogen) atoms. The molecule has 3 aliphatic rings. The summed E-state index contributed by atoms with van der Waals surface area (Å²) >= 11 is 6.52. The number of aliphatic imine (C=N–C) groups is 1. The van der Waals surface area contributed by atoms with E-state index < -0.39 is 5.66 Å². The zero-order valence-corrected chi connectivity index (χ0v) is 30.4. The molecular formula is C37H54ClN7O2. The Morgan fingerprint density at radius 2 is 1.81 bits per heavy atom. The molecular weight excluding hydrogens is 610 g/mol. The van der Waals surface area contributed by atoms with Crippen molar-refractivity contribution >= 4 is 23.2 Å². The molecule has 1 amide bonds. The number of halogens is 1. The number of methoxy groups -OCH3 is 1. The minimum atomic E-state index is -0.579. The van der Waals surface area contributed by atoms with Gasteiger partial charge in [-0.2, -0.15) is 15.4 Å². The number of carbonyl (C=O) groups excluding carboxylic acids is 1. The molecule has 1 fully saturated rings. The van der Waals surface area contributed by atoms with Crippen LogP contribution in [0.5, 0.6) is 5.88 Å². The van der Waals surface area contributed by atoms with E-state index in [1.165, 1.54) is 11.1 Å². The first-order chi connectivity index (χ1) is 22.2. The minimum Gasteiger partial charge on any atom is -0.480 e. The first-order valence-corrected chi connectivity index (χ1v) is 17.7. The molecule has 9 nitrogen and oxygen atoms in total. The zero-order chi connectivity index (χ0) is 34.0. The van der Waals surface area contributed by atoms with E-state index >= 15 is 0 Å². The van der Waals surface area contributed by atoms with Crippen LogP contribution in [0.3, 0.4) is 0 Å². The Balaban J connectivity index is 1.46. The van der Waals surface area contributed by atoms with Gasteiger partial charge in [0.25, 0.3) is 5.91 Å². The highest BCUT2D eigenvalue weighted by molar-refractivity contribution is 6.47. The number of aryl methyl sites for hydroxylation is 1. The lowest BCUT2D eigenvalue weighted by molar-refractivity contribution is -0.132. The summed E-state index contributed by atoms with van der Waals surface area (Å²) in [6, 6.07) is 1.74. The first-order valence-electron chi connectivity index (χ1n) is 17.4. The Morgan fingerprint density at radius 3 is 2.40 bits per heavy atom. The van der Waals surface area contributed by atoms with Gasteiger partial charge >= 0.3 is 0 Å². The normalized spacial score (nSPS) is 22.7. The second-order valence-corrected chi connectivity index (χ2v) is 16.2. The standard InChI is InChI=1S/C37H54ClN7O2/c1-9-29-30(43-44-42-29)23-39-21-24-10-12-25(13-11-24)31(16-17-35(2,3)4)45-34(46)32(26-20-28(38)33(47-8)40-22-26)41-37(45)18-14-27(15-19-37)36(5,6)7/h10,12,20,22,27,31,39H,9,11,13-19,21,23H2,1-8H3,(H,42,43,44). The lowest BCUT2D eigenvalue weighted by Gasteiger charge is -2.48. The summed E-state index contributed by atoms with van der Waals surface area (Å²) in [6.07, 6.45) is 14.6. The monoisotopic (exact) mass is 663 g/mol. The number of pyridine rings is 1. The fraction of sp³-hybridized carbons (Fsp3) is 0.649. The third-order valence-electron chi connectivity index (χ3n) is 10.3. The van der Waals surface area contributed by atoms with Gasteiger partial charge < -0.3 is 15.0 Å². The van der Waals surface area contributed by atoms with Crippen molar-refractivity contribution in [3.8, 4) is 5.88 Å². The maximum Gasteiger partial charge on any atom is 0.275 e. The number of hydrogen-bond acceptors (Lipinski definition) is 7. The van der Waals surface area contributed by atoms with Crippen LogP contribution in [-0.4, -0.2) is 62.3 Å². The summed E-state index contributed by atoms with van der Waals surface area (Å²) in [7, 11) is 1.54. The summed E-state index contributed by atoms with van der Waals surface area (Å²) < 4.78 is 5.30. The van der Waals surface area contributed by atoms with Crippen LogP contribution in [0.15, 0.2) is 40.6 Å². The highest BCUT2D eigenvalue weighted by Crippen LogP contribution is 2.49. The molecule has 0 bridgehead atoms. The van der Waals surface area contributed by atoms with Crippen molar-refractivity contribution in [2.75, 3.05) is 13.7 Å². The molecule has 2 N–H and O–H groups in total. The summed E-state index contributed by atoms with van der Waals surface area (Å²) in [6.45, 7) is 17.4. The van der Waals surface area contributed by atoms with Crippen LogP contribution in [0.2, 0.25) is 5.02 Å². The van der Waals surface area contributed by atoms with E-state index in [2.05, 4.69) is 91.2 Å². The van der Waals surface area contributed by atoms with E-state index in [4.69, 9.17) is 21.3 Å². The largest absolute Gasteiger partial charge is 0.480 e. The van der Waals surface area contributed by atoms with Crippen molar-refractivity contribution in [3.05, 3.63) is 57.5 Å². The van der Waals surface area contributed by atoms with E-state index in [9.17, 15) is 4.79 Å². The number of hydrogen-bond donors (Lipinski definition) is 2. The Labute approximate surface area is 286 Å². The summed E-state index contributed by atoms with van der Waals surface area (Å²) in [5, 5.41) is 15.2. The number of nitrogens with one attached hydrogen (secondary N) is 2. The number of allylic oxidation sites excluding steroid dienone is 2. The molecule has 1 atom stereocenters. The van der Waals surface area contributed by atoms with Gasteiger partial charge in [-0.3, -0.25) is 9.79 Å². The Kier molecular flexibility index (Phi) is 10.7. The van der Waals surface area contributed by atoms with Crippen LogP contribution >= 0.6 is 11.6 Å². The summed E-state index contributed by atoms with van der Waals surface area (Å²) in [5.41, 5.74) is 5.54.